The summed E-state index contributed by atoms with van der Waals surface area (Å²) < 4.78 is 4.88. The summed E-state index contributed by atoms with van der Waals surface area (Å²) in [5.41, 5.74) is 0. The van der Waals surface area contributed by atoms with E-state index in [1.165, 1.54) is 0 Å². The fourth-order valence-corrected chi connectivity index (χ4v) is 0.636. The number of ether oxygens (including phenoxy) is 1. The van der Waals surface area contributed by atoms with E-state index in [0.717, 1.165) is 25.9 Å². The molecule has 0 aliphatic carbocycles. The van der Waals surface area contributed by atoms with Crippen molar-refractivity contribution in [3.63, 3.8) is 0 Å². The Bertz CT molecular complexity index is 94.9. The molecule has 0 rings (SSSR count). The third kappa shape index (κ3) is 7.44. The lowest BCUT2D eigenvalue weighted by Crippen LogP contribution is -1.83. The Morgan fingerprint density at radius 3 is 2.50 bits per heavy atom. The average molecular weight is 140 g/mol. The van der Waals surface area contributed by atoms with E-state index in [0.29, 0.717) is 0 Å². The fraction of sp³-hybridized carbons (Fsp3) is 0.556. The van der Waals surface area contributed by atoms with E-state index in [2.05, 4.69) is 18.7 Å². The monoisotopic (exact) mass is 140 g/mol. The normalized spacial score (nSPS) is 10.5. The Hall–Kier alpha value is -0.560. The molecule has 0 N–H and O–H groups in total. The van der Waals surface area contributed by atoms with Crippen molar-refractivity contribution in [2.45, 2.75) is 19.3 Å². The van der Waals surface area contributed by atoms with Crippen LogP contribution in [0.15, 0.2) is 24.8 Å². The lowest BCUT2D eigenvalue weighted by atomic mass is 10.2. The van der Waals surface area contributed by atoms with Crippen LogP contribution in [-0.2, 0) is 4.74 Å². The van der Waals surface area contributed by atoms with E-state index in [9.17, 15) is 0 Å². The summed E-state index contributed by atoms with van der Waals surface area (Å²) in [6.45, 7) is 4.46. The van der Waals surface area contributed by atoms with Gasteiger partial charge < -0.3 is 4.74 Å². The quantitative estimate of drug-likeness (QED) is 0.407. The van der Waals surface area contributed by atoms with E-state index in [-0.39, 0.29) is 0 Å². The highest BCUT2D eigenvalue weighted by atomic mass is 16.5. The first-order valence-electron chi connectivity index (χ1n) is 3.66. The maximum absolute atomic E-state index is 4.88. The van der Waals surface area contributed by atoms with Crippen molar-refractivity contribution < 1.29 is 4.74 Å². The first kappa shape index (κ1) is 9.44. The van der Waals surface area contributed by atoms with E-state index in [1.54, 1.807) is 7.11 Å². The second-order valence-electron chi connectivity index (χ2n) is 2.12. The fourth-order valence-electron chi connectivity index (χ4n) is 0.636. The molecule has 0 radical (unpaired) electrons. The molecule has 0 aliphatic heterocycles. The zero-order valence-corrected chi connectivity index (χ0v) is 6.68. The maximum atomic E-state index is 4.88. The van der Waals surface area contributed by atoms with Gasteiger partial charge in [-0.25, -0.2) is 0 Å². The average Bonchev–Trinajstić information content (AvgIpc) is 1.97. The third-order valence-corrected chi connectivity index (χ3v) is 1.19. The van der Waals surface area contributed by atoms with Gasteiger partial charge in [0, 0.05) is 13.7 Å². The van der Waals surface area contributed by atoms with Crippen LogP contribution in [-0.4, -0.2) is 13.7 Å². The van der Waals surface area contributed by atoms with Crippen molar-refractivity contribution in [1.29, 1.82) is 0 Å². The smallest absolute Gasteiger partial charge is 0.0496 e. The van der Waals surface area contributed by atoms with Crippen molar-refractivity contribution in [3.8, 4) is 0 Å². The molecule has 0 bridgehead atoms. The van der Waals surface area contributed by atoms with Crippen LogP contribution in [0.5, 0.6) is 0 Å². The Balaban J connectivity index is 2.96. The number of allylic oxidation sites excluding steroid dienone is 2. The van der Waals surface area contributed by atoms with Crippen LogP contribution in [0.2, 0.25) is 0 Å². The first-order chi connectivity index (χ1) is 4.91. The Labute approximate surface area is 63.4 Å². The molecule has 58 valence electrons. The molecule has 0 saturated carbocycles. The molecule has 0 aliphatic rings. The summed E-state index contributed by atoms with van der Waals surface area (Å²) >= 11 is 0. The highest BCUT2D eigenvalue weighted by Gasteiger charge is 1.77. The molecule has 1 heteroatoms. The summed E-state index contributed by atoms with van der Waals surface area (Å²) in [4.78, 5) is 0. The van der Waals surface area contributed by atoms with E-state index >= 15 is 0 Å². The zero-order valence-electron chi connectivity index (χ0n) is 6.68. The molecular weight excluding hydrogens is 124 g/mol. The number of unbranched alkanes of at least 4 members (excludes halogenated alkanes) is 1. The molecule has 0 saturated heterocycles. The van der Waals surface area contributed by atoms with Gasteiger partial charge in [0.05, 0.1) is 0 Å². The van der Waals surface area contributed by atoms with E-state index in [4.69, 9.17) is 4.74 Å². The molecular formula is C9H16O. The molecule has 1 nitrogen and oxygen atoms in total. The van der Waals surface area contributed by atoms with Gasteiger partial charge in [-0.2, -0.15) is 0 Å². The Morgan fingerprint density at radius 1 is 1.20 bits per heavy atom. The maximum Gasteiger partial charge on any atom is 0.0496 e. The Kier molecular flexibility index (Phi) is 7.97. The van der Waals surface area contributed by atoms with Gasteiger partial charge in [-0.15, -0.1) is 6.58 Å². The van der Waals surface area contributed by atoms with Crippen LogP contribution in [0.4, 0.5) is 0 Å². The minimum absolute atomic E-state index is 0.824. The molecule has 0 spiro atoms. The SMILES string of the molecule is C=CCC/C=C/CCOC. The number of hydrogen-bond donors (Lipinski definition) is 0. The van der Waals surface area contributed by atoms with Crippen LogP contribution < -0.4 is 0 Å². The van der Waals surface area contributed by atoms with Gasteiger partial charge in [0.1, 0.15) is 0 Å². The van der Waals surface area contributed by atoms with Crippen molar-refractivity contribution in [1.82, 2.24) is 0 Å². The Morgan fingerprint density at radius 2 is 1.90 bits per heavy atom. The summed E-state index contributed by atoms with van der Waals surface area (Å²) in [6.07, 6.45) is 9.44. The van der Waals surface area contributed by atoms with Gasteiger partial charge in [-0.1, -0.05) is 18.2 Å². The van der Waals surface area contributed by atoms with Crippen LogP contribution in [0.25, 0.3) is 0 Å². The molecule has 0 atom stereocenters. The summed E-state index contributed by atoms with van der Waals surface area (Å²) in [6, 6.07) is 0. The third-order valence-electron chi connectivity index (χ3n) is 1.19. The van der Waals surface area contributed by atoms with Crippen molar-refractivity contribution in [2.75, 3.05) is 13.7 Å². The van der Waals surface area contributed by atoms with Gasteiger partial charge in [0.15, 0.2) is 0 Å². The van der Waals surface area contributed by atoms with Crippen LogP contribution in [0, 0.1) is 0 Å². The predicted molar refractivity (Wildman–Crippen MR) is 45.1 cm³/mol. The summed E-state index contributed by atoms with van der Waals surface area (Å²) in [5, 5.41) is 0. The van der Waals surface area contributed by atoms with Crippen LogP contribution >= 0.6 is 0 Å². The summed E-state index contributed by atoms with van der Waals surface area (Å²) in [5.74, 6) is 0. The van der Waals surface area contributed by atoms with Gasteiger partial charge in [-0.05, 0) is 19.3 Å². The number of methoxy groups -OCH3 is 1. The molecule has 0 aromatic heterocycles. The lowest BCUT2D eigenvalue weighted by Gasteiger charge is -1.90. The van der Waals surface area contributed by atoms with Gasteiger partial charge in [0.25, 0.3) is 0 Å². The van der Waals surface area contributed by atoms with Crippen molar-refractivity contribution >= 4 is 0 Å². The minimum Gasteiger partial charge on any atom is -0.384 e. The van der Waals surface area contributed by atoms with E-state index < -0.39 is 0 Å². The number of hydrogen-bond acceptors (Lipinski definition) is 1. The molecule has 10 heavy (non-hydrogen) atoms. The van der Waals surface area contributed by atoms with Crippen molar-refractivity contribution in [3.05, 3.63) is 24.8 Å². The van der Waals surface area contributed by atoms with Gasteiger partial charge in [0.2, 0.25) is 0 Å². The van der Waals surface area contributed by atoms with Crippen LogP contribution in [0.1, 0.15) is 19.3 Å². The highest BCUT2D eigenvalue weighted by Crippen LogP contribution is 1.92. The topological polar surface area (TPSA) is 9.23 Å². The zero-order chi connectivity index (χ0) is 7.66. The first-order valence-corrected chi connectivity index (χ1v) is 3.66. The minimum atomic E-state index is 0.824. The standard InChI is InChI=1S/C9H16O/c1-3-4-5-6-7-8-9-10-2/h3,6-7H,1,4-5,8-9H2,2H3/b7-6+. The van der Waals surface area contributed by atoms with Gasteiger partial charge in [-0.3, -0.25) is 0 Å². The van der Waals surface area contributed by atoms with Crippen molar-refractivity contribution in [2.24, 2.45) is 0 Å². The molecule has 0 fully saturated rings. The second kappa shape index (κ2) is 8.44. The number of rotatable bonds is 6. The molecule has 0 aromatic carbocycles. The second-order valence-corrected chi connectivity index (χ2v) is 2.12. The van der Waals surface area contributed by atoms with Crippen LogP contribution in [0.3, 0.4) is 0 Å². The lowest BCUT2D eigenvalue weighted by molar-refractivity contribution is 0.204. The van der Waals surface area contributed by atoms with E-state index in [1.807, 2.05) is 6.08 Å². The highest BCUT2D eigenvalue weighted by molar-refractivity contribution is 4.84. The predicted octanol–water partition coefficient (Wildman–Crippen LogP) is 2.55. The largest absolute Gasteiger partial charge is 0.384 e. The molecule has 0 heterocycles. The van der Waals surface area contributed by atoms with Gasteiger partial charge >= 0.3 is 0 Å². The molecule has 0 amide bonds. The molecule has 0 unspecified atom stereocenters. The summed E-state index contributed by atoms with van der Waals surface area (Å²) in [7, 11) is 1.72. The molecule has 0 aromatic rings.